The van der Waals surface area contributed by atoms with E-state index in [1.54, 1.807) is 18.7 Å². The molecule has 5 nitrogen and oxygen atoms in total. The van der Waals surface area contributed by atoms with Crippen LogP contribution in [-0.4, -0.2) is 37.7 Å². The molecule has 5 heteroatoms. The Kier molecular flexibility index (Phi) is 3.55. The van der Waals surface area contributed by atoms with Gasteiger partial charge in [0.15, 0.2) is 0 Å². The van der Waals surface area contributed by atoms with Crippen molar-refractivity contribution < 1.29 is 0 Å². The smallest absolute Gasteiger partial charge is 0.149 e. The molecule has 0 saturated carbocycles. The van der Waals surface area contributed by atoms with Crippen molar-refractivity contribution in [3.63, 3.8) is 0 Å². The average molecular weight is 257 g/mol. The lowest BCUT2D eigenvalue weighted by molar-refractivity contribution is 0.167. The van der Waals surface area contributed by atoms with E-state index in [9.17, 15) is 0 Å². The van der Waals surface area contributed by atoms with E-state index in [-0.39, 0.29) is 0 Å². The highest BCUT2D eigenvalue weighted by Gasteiger charge is 2.22. The molecule has 1 aliphatic rings. The zero-order chi connectivity index (χ0) is 13.1. The van der Waals surface area contributed by atoms with Gasteiger partial charge in [0.05, 0.1) is 11.7 Å². The number of hydrogen-bond donors (Lipinski definition) is 0. The summed E-state index contributed by atoms with van der Waals surface area (Å²) in [6.45, 7) is 4.53. The van der Waals surface area contributed by atoms with Gasteiger partial charge in [-0.3, -0.25) is 9.88 Å². The van der Waals surface area contributed by atoms with E-state index in [2.05, 4.69) is 26.9 Å². The third-order valence-corrected chi connectivity index (χ3v) is 3.79. The molecule has 100 valence electrons. The standard InChI is InChI=1S/C14H19N5/c1-12(18-9-3-2-4-10-18)14-16-11-17-19(14)13-5-7-15-8-6-13/h5-8,11-12H,2-4,9-10H2,1H3. The molecule has 0 amide bonds. The van der Waals surface area contributed by atoms with Gasteiger partial charge in [-0.05, 0) is 45.0 Å². The second kappa shape index (κ2) is 5.48. The third-order valence-electron chi connectivity index (χ3n) is 3.79. The molecule has 1 aliphatic heterocycles. The first kappa shape index (κ1) is 12.3. The summed E-state index contributed by atoms with van der Waals surface area (Å²) >= 11 is 0. The van der Waals surface area contributed by atoms with Gasteiger partial charge in [0, 0.05) is 12.4 Å². The average Bonchev–Trinajstić information content (AvgIpc) is 2.98. The summed E-state index contributed by atoms with van der Waals surface area (Å²) in [6.07, 6.45) is 9.12. The normalized spacial score (nSPS) is 18.4. The molecule has 2 aromatic heterocycles. The monoisotopic (exact) mass is 257 g/mol. The molecule has 19 heavy (non-hydrogen) atoms. The molecule has 0 aromatic carbocycles. The van der Waals surface area contributed by atoms with E-state index in [0.717, 1.165) is 24.6 Å². The van der Waals surface area contributed by atoms with E-state index in [1.807, 2.05) is 16.8 Å². The van der Waals surface area contributed by atoms with Crippen molar-refractivity contribution in [3.05, 3.63) is 36.7 Å². The van der Waals surface area contributed by atoms with E-state index in [1.165, 1.54) is 19.3 Å². The largest absolute Gasteiger partial charge is 0.294 e. The predicted molar refractivity (Wildman–Crippen MR) is 73.0 cm³/mol. The van der Waals surface area contributed by atoms with Crippen LogP contribution in [0.4, 0.5) is 0 Å². The highest BCUT2D eigenvalue weighted by molar-refractivity contribution is 5.28. The lowest BCUT2D eigenvalue weighted by atomic mass is 10.1. The molecule has 1 fully saturated rings. The molecule has 0 radical (unpaired) electrons. The number of rotatable bonds is 3. The number of hydrogen-bond acceptors (Lipinski definition) is 4. The molecule has 3 heterocycles. The summed E-state index contributed by atoms with van der Waals surface area (Å²) in [5.74, 6) is 1.01. The van der Waals surface area contributed by atoms with Crippen LogP contribution in [0.5, 0.6) is 0 Å². The minimum absolute atomic E-state index is 0.302. The van der Waals surface area contributed by atoms with Crippen molar-refractivity contribution in [3.8, 4) is 5.69 Å². The van der Waals surface area contributed by atoms with Gasteiger partial charge in [-0.25, -0.2) is 9.67 Å². The van der Waals surface area contributed by atoms with Gasteiger partial charge in [-0.1, -0.05) is 6.42 Å². The SMILES string of the molecule is CC(c1ncnn1-c1ccncc1)N1CCCCC1. The van der Waals surface area contributed by atoms with Crippen LogP contribution in [0.1, 0.15) is 38.1 Å². The topological polar surface area (TPSA) is 46.8 Å². The fourth-order valence-corrected chi connectivity index (χ4v) is 2.69. The van der Waals surface area contributed by atoms with Crippen molar-refractivity contribution in [2.45, 2.75) is 32.2 Å². The summed E-state index contributed by atoms with van der Waals surface area (Å²) < 4.78 is 1.92. The second-order valence-corrected chi connectivity index (χ2v) is 5.01. The highest BCUT2D eigenvalue weighted by atomic mass is 15.4. The molecular formula is C14H19N5. The van der Waals surface area contributed by atoms with Crippen molar-refractivity contribution >= 4 is 0 Å². The summed E-state index contributed by atoms with van der Waals surface area (Å²) in [6, 6.07) is 4.22. The van der Waals surface area contributed by atoms with Crippen LogP contribution >= 0.6 is 0 Å². The molecule has 2 aromatic rings. The summed E-state index contributed by atoms with van der Waals surface area (Å²) in [4.78, 5) is 11.0. The van der Waals surface area contributed by atoms with Crippen molar-refractivity contribution in [2.24, 2.45) is 0 Å². The molecular weight excluding hydrogens is 238 g/mol. The maximum Gasteiger partial charge on any atom is 0.149 e. The van der Waals surface area contributed by atoms with E-state index in [0.29, 0.717) is 6.04 Å². The van der Waals surface area contributed by atoms with Crippen molar-refractivity contribution in [1.82, 2.24) is 24.6 Å². The lowest BCUT2D eigenvalue weighted by Gasteiger charge is -2.31. The lowest BCUT2D eigenvalue weighted by Crippen LogP contribution is -2.33. The Labute approximate surface area is 113 Å². The van der Waals surface area contributed by atoms with Gasteiger partial charge in [0.1, 0.15) is 12.2 Å². The molecule has 0 N–H and O–H groups in total. The Bertz CT molecular complexity index is 516. The Morgan fingerprint density at radius 2 is 1.84 bits per heavy atom. The van der Waals surface area contributed by atoms with Crippen LogP contribution in [0.3, 0.4) is 0 Å². The van der Waals surface area contributed by atoms with E-state index in [4.69, 9.17) is 0 Å². The number of pyridine rings is 1. The van der Waals surface area contributed by atoms with Gasteiger partial charge in [0.25, 0.3) is 0 Å². The zero-order valence-electron chi connectivity index (χ0n) is 11.2. The van der Waals surface area contributed by atoms with E-state index < -0.39 is 0 Å². The quantitative estimate of drug-likeness (QED) is 0.845. The fourth-order valence-electron chi connectivity index (χ4n) is 2.69. The summed E-state index contributed by atoms with van der Waals surface area (Å²) in [7, 11) is 0. The second-order valence-electron chi connectivity index (χ2n) is 5.01. The molecule has 3 rings (SSSR count). The molecule has 1 unspecified atom stereocenters. The van der Waals surface area contributed by atoms with Crippen LogP contribution in [0.25, 0.3) is 5.69 Å². The molecule has 0 bridgehead atoms. The van der Waals surface area contributed by atoms with Crippen molar-refractivity contribution in [1.29, 1.82) is 0 Å². The number of aromatic nitrogens is 4. The molecule has 0 spiro atoms. The molecule has 0 aliphatic carbocycles. The Hall–Kier alpha value is -1.75. The molecule has 1 saturated heterocycles. The van der Waals surface area contributed by atoms with Crippen LogP contribution in [-0.2, 0) is 0 Å². The van der Waals surface area contributed by atoms with Crippen molar-refractivity contribution in [2.75, 3.05) is 13.1 Å². The van der Waals surface area contributed by atoms with E-state index >= 15 is 0 Å². The first-order valence-electron chi connectivity index (χ1n) is 6.90. The highest BCUT2D eigenvalue weighted by Crippen LogP contribution is 2.23. The van der Waals surface area contributed by atoms with Gasteiger partial charge in [-0.2, -0.15) is 5.10 Å². The summed E-state index contributed by atoms with van der Waals surface area (Å²) in [5.41, 5.74) is 1.02. The zero-order valence-corrected chi connectivity index (χ0v) is 11.2. The number of likely N-dealkylation sites (tertiary alicyclic amines) is 1. The Morgan fingerprint density at radius 1 is 1.11 bits per heavy atom. The fraction of sp³-hybridized carbons (Fsp3) is 0.500. The Morgan fingerprint density at radius 3 is 2.58 bits per heavy atom. The number of nitrogens with zero attached hydrogens (tertiary/aromatic N) is 5. The Balaban J connectivity index is 1.87. The van der Waals surface area contributed by atoms with Crippen LogP contribution in [0.15, 0.2) is 30.9 Å². The maximum atomic E-state index is 4.46. The first-order chi connectivity index (χ1) is 9.36. The summed E-state index contributed by atoms with van der Waals surface area (Å²) in [5, 5.41) is 4.35. The number of piperidine rings is 1. The van der Waals surface area contributed by atoms with Gasteiger partial charge < -0.3 is 0 Å². The first-order valence-corrected chi connectivity index (χ1v) is 6.90. The predicted octanol–water partition coefficient (Wildman–Crippen LogP) is 2.21. The molecule has 1 atom stereocenters. The van der Waals surface area contributed by atoms with Crippen LogP contribution < -0.4 is 0 Å². The van der Waals surface area contributed by atoms with Crippen LogP contribution in [0.2, 0.25) is 0 Å². The van der Waals surface area contributed by atoms with Crippen LogP contribution in [0, 0.1) is 0 Å². The minimum atomic E-state index is 0.302. The van der Waals surface area contributed by atoms with Gasteiger partial charge in [-0.15, -0.1) is 0 Å². The maximum absolute atomic E-state index is 4.46. The van der Waals surface area contributed by atoms with Gasteiger partial charge in [0.2, 0.25) is 0 Å². The third kappa shape index (κ3) is 2.51. The minimum Gasteiger partial charge on any atom is -0.294 e. The van der Waals surface area contributed by atoms with Gasteiger partial charge >= 0.3 is 0 Å².